The quantitative estimate of drug-likeness (QED) is 0.499. The van der Waals surface area contributed by atoms with Crippen LogP contribution in [-0.4, -0.2) is 30.6 Å². The Bertz CT molecular complexity index is 683. The van der Waals surface area contributed by atoms with Gasteiger partial charge in [-0.1, -0.05) is 0 Å². The predicted molar refractivity (Wildman–Crippen MR) is 64.1 cm³/mol. The van der Waals surface area contributed by atoms with E-state index < -0.39 is 10.8 Å². The molecule has 19 heavy (non-hydrogen) atoms. The number of halogens is 1. The van der Waals surface area contributed by atoms with Gasteiger partial charge in [0.1, 0.15) is 5.69 Å². The molecule has 0 spiro atoms. The first kappa shape index (κ1) is 12.9. The summed E-state index contributed by atoms with van der Waals surface area (Å²) in [6.45, 7) is 1.42. The zero-order valence-corrected chi connectivity index (χ0v) is 10.3. The lowest BCUT2D eigenvalue weighted by Crippen LogP contribution is -2.10. The van der Waals surface area contributed by atoms with Crippen LogP contribution in [0.4, 0.5) is 5.69 Å². The van der Waals surface area contributed by atoms with Gasteiger partial charge < -0.3 is 5.73 Å². The van der Waals surface area contributed by atoms with Gasteiger partial charge in [-0.15, -0.1) is 0 Å². The first-order valence-electron chi connectivity index (χ1n) is 4.93. The van der Waals surface area contributed by atoms with Crippen LogP contribution in [0.15, 0.2) is 12.4 Å². The van der Waals surface area contributed by atoms with Crippen molar-refractivity contribution in [3.05, 3.63) is 39.0 Å². The Kier molecular flexibility index (Phi) is 3.13. The van der Waals surface area contributed by atoms with E-state index in [9.17, 15) is 14.9 Å². The van der Waals surface area contributed by atoms with Crippen LogP contribution in [0.25, 0.3) is 5.82 Å². The molecule has 2 aromatic rings. The van der Waals surface area contributed by atoms with Crippen LogP contribution in [-0.2, 0) is 0 Å². The number of nitro groups is 1. The molecule has 0 fully saturated rings. The van der Waals surface area contributed by atoms with Crippen LogP contribution < -0.4 is 5.73 Å². The normalized spacial score (nSPS) is 10.4. The summed E-state index contributed by atoms with van der Waals surface area (Å²) in [5.74, 6) is -0.833. The number of hydrogen-bond acceptors (Lipinski definition) is 6. The van der Waals surface area contributed by atoms with E-state index in [0.29, 0.717) is 0 Å². The summed E-state index contributed by atoms with van der Waals surface area (Å²) in [5, 5.41) is 14.7. The molecule has 1 amide bonds. The Hall–Kier alpha value is -2.55. The van der Waals surface area contributed by atoms with E-state index in [1.807, 2.05) is 0 Å². The highest BCUT2D eigenvalue weighted by Crippen LogP contribution is 2.24. The van der Waals surface area contributed by atoms with Crippen molar-refractivity contribution in [2.75, 3.05) is 0 Å². The lowest BCUT2D eigenvalue weighted by Gasteiger charge is -2.04. The van der Waals surface area contributed by atoms with Crippen LogP contribution >= 0.6 is 11.6 Å². The summed E-state index contributed by atoms with van der Waals surface area (Å²) < 4.78 is 1.05. The molecule has 0 aliphatic rings. The Morgan fingerprint density at radius 2 is 2.21 bits per heavy atom. The second-order valence-electron chi connectivity index (χ2n) is 3.55. The zero-order valence-electron chi connectivity index (χ0n) is 9.57. The molecule has 0 atom stereocenters. The lowest BCUT2D eigenvalue weighted by molar-refractivity contribution is -0.385. The number of carbonyl (C=O) groups is 1. The van der Waals surface area contributed by atoms with Crippen LogP contribution in [0.5, 0.6) is 0 Å². The molecule has 2 rings (SSSR count). The van der Waals surface area contributed by atoms with E-state index in [4.69, 9.17) is 17.3 Å². The fourth-order valence-electron chi connectivity index (χ4n) is 1.46. The third kappa shape index (κ3) is 2.36. The zero-order chi connectivity index (χ0) is 14.2. The minimum atomic E-state index is -0.703. The van der Waals surface area contributed by atoms with Gasteiger partial charge >= 0.3 is 5.69 Å². The van der Waals surface area contributed by atoms with Gasteiger partial charge in [0.15, 0.2) is 0 Å². The van der Waals surface area contributed by atoms with Crippen LogP contribution in [0, 0.1) is 17.0 Å². The van der Waals surface area contributed by atoms with Crippen LogP contribution in [0.1, 0.15) is 16.1 Å². The number of carbonyl (C=O) groups excluding carboxylic acids is 1. The Balaban J connectivity index is 2.66. The van der Waals surface area contributed by atoms with Crippen molar-refractivity contribution in [1.82, 2.24) is 19.7 Å². The van der Waals surface area contributed by atoms with Crippen LogP contribution in [0.2, 0.25) is 5.28 Å². The lowest BCUT2D eigenvalue weighted by atomic mass is 10.3. The molecule has 2 aromatic heterocycles. The maximum atomic E-state index is 11.0. The highest BCUT2D eigenvalue weighted by Gasteiger charge is 2.24. The minimum Gasteiger partial charge on any atom is -0.366 e. The predicted octanol–water partition coefficient (Wildman–Crippen LogP) is 0.631. The van der Waals surface area contributed by atoms with Crippen molar-refractivity contribution in [2.24, 2.45) is 5.73 Å². The van der Waals surface area contributed by atoms with Gasteiger partial charge in [-0.2, -0.15) is 10.1 Å². The largest absolute Gasteiger partial charge is 0.366 e. The molecule has 0 bridgehead atoms. The second kappa shape index (κ2) is 4.61. The Morgan fingerprint density at radius 1 is 1.53 bits per heavy atom. The molecule has 0 radical (unpaired) electrons. The van der Waals surface area contributed by atoms with Gasteiger partial charge in [0.25, 0.3) is 5.91 Å². The minimum absolute atomic E-state index is 0.0936. The molecule has 0 saturated heterocycles. The molecule has 0 aliphatic carbocycles. The number of nitrogens with zero attached hydrogens (tertiary/aromatic N) is 5. The number of aromatic nitrogens is 4. The van der Waals surface area contributed by atoms with Crippen molar-refractivity contribution in [2.45, 2.75) is 6.92 Å². The molecule has 2 heterocycles. The van der Waals surface area contributed by atoms with E-state index >= 15 is 0 Å². The molecule has 98 valence electrons. The fraction of sp³-hybridized carbons (Fsp3) is 0.111. The molecule has 0 aliphatic heterocycles. The summed E-state index contributed by atoms with van der Waals surface area (Å²) in [6.07, 6.45) is 2.41. The molecule has 0 aromatic carbocycles. The van der Waals surface area contributed by atoms with Gasteiger partial charge in [0.05, 0.1) is 16.7 Å². The van der Waals surface area contributed by atoms with Crippen LogP contribution in [0.3, 0.4) is 0 Å². The third-order valence-electron chi connectivity index (χ3n) is 2.28. The number of primary amides is 1. The van der Waals surface area contributed by atoms with Crippen molar-refractivity contribution in [3.63, 3.8) is 0 Å². The van der Waals surface area contributed by atoms with Crippen molar-refractivity contribution in [1.29, 1.82) is 0 Å². The average Bonchev–Trinajstić information content (AvgIpc) is 2.76. The van der Waals surface area contributed by atoms with E-state index in [0.717, 1.165) is 4.68 Å². The van der Waals surface area contributed by atoms with E-state index in [1.165, 1.54) is 19.3 Å². The van der Waals surface area contributed by atoms with E-state index in [-0.39, 0.29) is 28.0 Å². The number of amides is 1. The Morgan fingerprint density at radius 3 is 2.74 bits per heavy atom. The van der Waals surface area contributed by atoms with Crippen molar-refractivity contribution in [3.8, 4) is 5.82 Å². The van der Waals surface area contributed by atoms with Crippen molar-refractivity contribution < 1.29 is 9.72 Å². The molecule has 2 N–H and O–H groups in total. The second-order valence-corrected chi connectivity index (χ2v) is 3.88. The maximum Gasteiger partial charge on any atom is 0.334 e. The Labute approximate surface area is 111 Å². The molecule has 0 unspecified atom stereocenters. The van der Waals surface area contributed by atoms with E-state index in [2.05, 4.69) is 15.1 Å². The topological polar surface area (TPSA) is 130 Å². The number of nitrogens with two attached hydrogens (primary N) is 1. The highest BCUT2D eigenvalue weighted by atomic mass is 35.5. The summed E-state index contributed by atoms with van der Waals surface area (Å²) >= 11 is 5.67. The van der Waals surface area contributed by atoms with Gasteiger partial charge in [-0.05, 0) is 18.5 Å². The molecule has 10 heteroatoms. The smallest absolute Gasteiger partial charge is 0.334 e. The summed E-state index contributed by atoms with van der Waals surface area (Å²) in [5.41, 5.74) is 4.93. The van der Waals surface area contributed by atoms with Gasteiger partial charge in [0.2, 0.25) is 11.1 Å². The SMILES string of the molecule is Cc1nc(Cl)nc(-n2cc(C(N)=O)cn2)c1[N+](=O)[O-]. The average molecular weight is 283 g/mol. The molecular weight excluding hydrogens is 276 g/mol. The standard InChI is InChI=1S/C9H7ClN6O3/c1-4-6(16(18)19)8(14-9(10)13-4)15-3-5(2-12-15)7(11)17/h2-3H,1H3,(H2,11,17). The number of aryl methyl sites for hydroxylation is 1. The van der Waals surface area contributed by atoms with Gasteiger partial charge in [-0.3, -0.25) is 14.9 Å². The van der Waals surface area contributed by atoms with Gasteiger partial charge in [-0.25, -0.2) is 9.67 Å². The summed E-state index contributed by atoms with van der Waals surface area (Å²) in [4.78, 5) is 28.8. The third-order valence-corrected chi connectivity index (χ3v) is 2.45. The molecular formula is C9H7ClN6O3. The first-order valence-corrected chi connectivity index (χ1v) is 5.31. The van der Waals surface area contributed by atoms with Crippen molar-refractivity contribution >= 4 is 23.2 Å². The summed E-state index contributed by atoms with van der Waals surface area (Å²) in [6, 6.07) is 0. The number of hydrogen-bond donors (Lipinski definition) is 1. The first-order chi connectivity index (χ1) is 8.90. The highest BCUT2D eigenvalue weighted by molar-refractivity contribution is 6.28. The maximum absolute atomic E-state index is 11.0. The fourth-order valence-corrected chi connectivity index (χ4v) is 1.66. The van der Waals surface area contributed by atoms with Gasteiger partial charge in [0, 0.05) is 6.20 Å². The molecule has 9 nitrogen and oxygen atoms in total. The monoisotopic (exact) mass is 282 g/mol. The summed E-state index contributed by atoms with van der Waals surface area (Å²) in [7, 11) is 0. The molecule has 0 saturated carbocycles. The van der Waals surface area contributed by atoms with E-state index in [1.54, 1.807) is 0 Å². The number of rotatable bonds is 3.